The van der Waals surface area contributed by atoms with Crippen LogP contribution < -0.4 is 4.72 Å². The Morgan fingerprint density at radius 2 is 1.47 bits per heavy atom. The van der Waals surface area contributed by atoms with Gasteiger partial charge in [-0.1, -0.05) is 40.9 Å². The lowest BCUT2D eigenvalue weighted by atomic mass is 10.1. The number of nitrogens with zero attached hydrogens (tertiary/aromatic N) is 1. The van der Waals surface area contributed by atoms with Gasteiger partial charge >= 0.3 is 0 Å². The highest BCUT2D eigenvalue weighted by molar-refractivity contribution is 7.89. The molecule has 2 N–H and O–H groups in total. The van der Waals surface area contributed by atoms with E-state index in [-0.39, 0.29) is 18.0 Å². The van der Waals surface area contributed by atoms with Crippen molar-refractivity contribution in [3.8, 4) is 0 Å². The molecule has 0 saturated carbocycles. The van der Waals surface area contributed by atoms with Gasteiger partial charge in [-0.25, -0.2) is 13.1 Å². The summed E-state index contributed by atoms with van der Waals surface area (Å²) in [6, 6.07) is 17.6. The molecule has 0 aliphatic heterocycles. The fraction of sp³-hybridized carbons (Fsp3) is 0.182. The van der Waals surface area contributed by atoms with E-state index in [1.165, 1.54) is 0 Å². The van der Waals surface area contributed by atoms with Crippen LogP contribution in [0.3, 0.4) is 0 Å². The van der Waals surface area contributed by atoms with Crippen molar-refractivity contribution < 1.29 is 13.5 Å². The minimum Gasteiger partial charge on any atom is -0.390 e. The zero-order valence-corrected chi connectivity index (χ0v) is 18.5. The largest absolute Gasteiger partial charge is 0.390 e. The van der Waals surface area contributed by atoms with E-state index in [0.717, 1.165) is 27.4 Å². The maximum atomic E-state index is 12.5. The van der Waals surface area contributed by atoms with E-state index in [1.54, 1.807) is 36.4 Å². The summed E-state index contributed by atoms with van der Waals surface area (Å²) < 4.78 is 29.4. The number of nitrogens with one attached hydrogen (secondary N) is 1. The number of hydrogen-bond donors (Lipinski definition) is 2. The fourth-order valence-corrected chi connectivity index (χ4v) is 4.94. The van der Waals surface area contributed by atoms with Gasteiger partial charge in [-0.2, -0.15) is 0 Å². The quantitative estimate of drug-likeness (QED) is 0.434. The van der Waals surface area contributed by atoms with Gasteiger partial charge in [-0.15, -0.1) is 0 Å². The average Bonchev–Trinajstić information content (AvgIpc) is 2.99. The molecule has 1 heterocycles. The third-order valence-corrected chi connectivity index (χ3v) is 6.93. The van der Waals surface area contributed by atoms with E-state index in [1.807, 2.05) is 35.8 Å². The Bertz CT molecular complexity index is 1270. The maximum absolute atomic E-state index is 12.5. The van der Waals surface area contributed by atoms with Crippen molar-refractivity contribution in [2.75, 3.05) is 6.54 Å². The van der Waals surface area contributed by atoms with E-state index in [0.29, 0.717) is 10.0 Å². The first-order valence-corrected chi connectivity index (χ1v) is 11.6. The first kappa shape index (κ1) is 21.2. The summed E-state index contributed by atoms with van der Waals surface area (Å²) in [7, 11) is -3.70. The summed E-state index contributed by atoms with van der Waals surface area (Å²) in [5, 5.41) is 13.7. The molecule has 0 radical (unpaired) electrons. The molecule has 0 aliphatic carbocycles. The van der Waals surface area contributed by atoms with Crippen LogP contribution >= 0.6 is 23.2 Å². The van der Waals surface area contributed by atoms with Crippen molar-refractivity contribution >= 4 is 55.0 Å². The zero-order chi connectivity index (χ0) is 21.5. The highest BCUT2D eigenvalue weighted by Crippen LogP contribution is 2.33. The number of fused-ring (bicyclic) bond motifs is 3. The lowest BCUT2D eigenvalue weighted by Gasteiger charge is -2.15. The van der Waals surface area contributed by atoms with Crippen LogP contribution in [-0.2, 0) is 16.6 Å². The van der Waals surface area contributed by atoms with Gasteiger partial charge in [0.25, 0.3) is 0 Å². The van der Waals surface area contributed by atoms with Gasteiger partial charge in [0, 0.05) is 38.4 Å². The van der Waals surface area contributed by atoms with Crippen LogP contribution in [0, 0.1) is 6.92 Å². The standard InChI is InChI=1S/C22H20Cl2N2O3S/c1-14-2-6-18(7-3-14)30(28,29)25-12-17(27)13-26-21-8-4-15(23)10-19(21)20-11-16(24)5-9-22(20)26/h2-11,17,25,27H,12-13H2,1H3/t17-/m1/s1. The van der Waals surface area contributed by atoms with E-state index in [2.05, 4.69) is 4.72 Å². The second-order valence-electron chi connectivity index (χ2n) is 7.25. The molecule has 8 heteroatoms. The van der Waals surface area contributed by atoms with Crippen molar-refractivity contribution in [3.05, 3.63) is 76.3 Å². The molecular weight excluding hydrogens is 443 g/mol. The molecule has 3 aromatic carbocycles. The molecule has 0 saturated heterocycles. The van der Waals surface area contributed by atoms with Crippen LogP contribution in [0.15, 0.2) is 65.6 Å². The van der Waals surface area contributed by atoms with Gasteiger partial charge in [0.1, 0.15) is 0 Å². The zero-order valence-electron chi connectivity index (χ0n) is 16.1. The van der Waals surface area contributed by atoms with Crippen molar-refractivity contribution in [2.24, 2.45) is 0 Å². The minimum atomic E-state index is -3.70. The number of aromatic nitrogens is 1. The van der Waals surface area contributed by atoms with Crippen molar-refractivity contribution in [2.45, 2.75) is 24.5 Å². The van der Waals surface area contributed by atoms with E-state index >= 15 is 0 Å². The Kier molecular flexibility index (Phi) is 5.79. The molecule has 0 spiro atoms. The summed E-state index contributed by atoms with van der Waals surface area (Å²) in [6.45, 7) is 1.98. The molecular formula is C22H20Cl2N2O3S. The summed E-state index contributed by atoms with van der Waals surface area (Å²) in [6.07, 6.45) is -0.935. The second-order valence-corrected chi connectivity index (χ2v) is 9.89. The number of hydrogen-bond acceptors (Lipinski definition) is 3. The van der Waals surface area contributed by atoms with Crippen molar-refractivity contribution in [3.63, 3.8) is 0 Å². The predicted molar refractivity (Wildman–Crippen MR) is 122 cm³/mol. The topological polar surface area (TPSA) is 71.3 Å². The number of aliphatic hydroxyl groups is 1. The Balaban J connectivity index is 1.60. The third-order valence-electron chi connectivity index (χ3n) is 5.02. The number of aliphatic hydroxyl groups excluding tert-OH is 1. The second kappa shape index (κ2) is 8.21. The van der Waals surface area contributed by atoms with Gasteiger partial charge in [0.15, 0.2) is 0 Å². The normalized spacial score (nSPS) is 13.2. The van der Waals surface area contributed by atoms with E-state index < -0.39 is 16.1 Å². The van der Waals surface area contributed by atoms with Crippen LogP contribution in [0.5, 0.6) is 0 Å². The molecule has 0 unspecified atom stereocenters. The van der Waals surface area contributed by atoms with Crippen LogP contribution in [0.1, 0.15) is 5.56 Å². The van der Waals surface area contributed by atoms with Gasteiger partial charge in [0.05, 0.1) is 17.5 Å². The molecule has 30 heavy (non-hydrogen) atoms. The first-order chi connectivity index (χ1) is 14.2. The van der Waals surface area contributed by atoms with Crippen LogP contribution in [-0.4, -0.2) is 30.7 Å². The summed E-state index contributed by atoms with van der Waals surface area (Å²) >= 11 is 12.3. The Morgan fingerprint density at radius 3 is 2.00 bits per heavy atom. The average molecular weight is 463 g/mol. The number of rotatable bonds is 6. The molecule has 0 aliphatic rings. The van der Waals surface area contributed by atoms with Gasteiger partial charge in [-0.3, -0.25) is 0 Å². The molecule has 5 nitrogen and oxygen atoms in total. The summed E-state index contributed by atoms with van der Waals surface area (Å²) in [4.78, 5) is 0.168. The summed E-state index contributed by atoms with van der Waals surface area (Å²) in [5.41, 5.74) is 2.75. The highest BCUT2D eigenvalue weighted by Gasteiger charge is 2.18. The van der Waals surface area contributed by atoms with Gasteiger partial charge < -0.3 is 9.67 Å². The molecule has 1 aromatic heterocycles. The van der Waals surface area contributed by atoms with Crippen LogP contribution in [0.2, 0.25) is 10.0 Å². The van der Waals surface area contributed by atoms with E-state index in [9.17, 15) is 13.5 Å². The number of halogens is 2. The molecule has 0 fully saturated rings. The SMILES string of the molecule is Cc1ccc(S(=O)(=O)NC[C@@H](O)Cn2c3ccc(Cl)cc3c3cc(Cl)ccc32)cc1. The predicted octanol–water partition coefficient (Wildman–Crippen LogP) is 4.75. The lowest BCUT2D eigenvalue weighted by molar-refractivity contribution is 0.161. The maximum Gasteiger partial charge on any atom is 0.240 e. The number of aryl methyl sites for hydroxylation is 1. The van der Waals surface area contributed by atoms with E-state index in [4.69, 9.17) is 23.2 Å². The fourth-order valence-electron chi connectivity index (χ4n) is 3.53. The van der Waals surface area contributed by atoms with Gasteiger partial charge in [-0.05, 0) is 55.5 Å². The number of sulfonamides is 1. The van der Waals surface area contributed by atoms with Gasteiger partial charge in [0.2, 0.25) is 10.0 Å². The highest BCUT2D eigenvalue weighted by atomic mass is 35.5. The molecule has 1 atom stereocenters. The minimum absolute atomic E-state index is 0.113. The summed E-state index contributed by atoms with van der Waals surface area (Å²) in [5.74, 6) is 0. The molecule has 0 amide bonds. The lowest BCUT2D eigenvalue weighted by Crippen LogP contribution is -2.34. The molecule has 4 aromatic rings. The molecule has 4 rings (SSSR count). The van der Waals surface area contributed by atoms with Crippen molar-refractivity contribution in [1.82, 2.24) is 9.29 Å². The third kappa shape index (κ3) is 4.19. The number of benzene rings is 3. The monoisotopic (exact) mass is 462 g/mol. The molecule has 0 bridgehead atoms. The first-order valence-electron chi connectivity index (χ1n) is 9.36. The van der Waals surface area contributed by atoms with Crippen LogP contribution in [0.25, 0.3) is 21.8 Å². The molecule has 156 valence electrons. The Labute approximate surface area is 184 Å². The van der Waals surface area contributed by atoms with Crippen molar-refractivity contribution in [1.29, 1.82) is 0 Å². The van der Waals surface area contributed by atoms with Crippen LogP contribution in [0.4, 0.5) is 0 Å². The smallest absolute Gasteiger partial charge is 0.240 e. The Morgan fingerprint density at radius 1 is 0.933 bits per heavy atom. The Hall–Kier alpha value is -2.09.